The Morgan fingerprint density at radius 2 is 1.80 bits per heavy atom. The summed E-state index contributed by atoms with van der Waals surface area (Å²) in [5.41, 5.74) is 3.22. The summed E-state index contributed by atoms with van der Waals surface area (Å²) in [5, 5.41) is 2.99. The SMILES string of the molecule is CN(CC1CC1)[C@@H]1C[C@H]1c1ccc(C(=O)NCc2ccccc2)cc1. The van der Waals surface area contributed by atoms with E-state index in [4.69, 9.17) is 0 Å². The number of hydrogen-bond donors (Lipinski definition) is 1. The van der Waals surface area contributed by atoms with Crippen LogP contribution in [0, 0.1) is 5.92 Å². The highest BCUT2D eigenvalue weighted by Crippen LogP contribution is 2.45. The molecule has 1 amide bonds. The van der Waals surface area contributed by atoms with Crippen LogP contribution in [0.4, 0.5) is 0 Å². The molecule has 2 aliphatic rings. The number of benzene rings is 2. The second-order valence-corrected chi connectivity index (χ2v) is 7.58. The van der Waals surface area contributed by atoms with E-state index in [1.54, 1.807) is 0 Å². The van der Waals surface area contributed by atoms with Gasteiger partial charge in [-0.15, -0.1) is 0 Å². The molecule has 2 aliphatic carbocycles. The Bertz CT molecular complexity index is 721. The van der Waals surface area contributed by atoms with Crippen molar-refractivity contribution in [3.63, 3.8) is 0 Å². The van der Waals surface area contributed by atoms with Crippen LogP contribution in [0.3, 0.4) is 0 Å². The zero-order valence-corrected chi connectivity index (χ0v) is 14.8. The molecule has 0 aliphatic heterocycles. The summed E-state index contributed by atoms with van der Waals surface area (Å²) in [6, 6.07) is 18.9. The standard InChI is InChI=1S/C22H26N2O/c1-24(15-17-7-8-17)21-13-20(21)18-9-11-19(12-10-18)22(25)23-14-16-5-3-2-4-6-16/h2-6,9-12,17,20-21H,7-8,13-15H2,1H3,(H,23,25)/t20-,21+/m0/s1. The number of carbonyl (C=O) groups excluding carboxylic acids is 1. The predicted molar refractivity (Wildman–Crippen MR) is 101 cm³/mol. The second kappa shape index (κ2) is 7.01. The van der Waals surface area contributed by atoms with Gasteiger partial charge in [0, 0.05) is 30.6 Å². The van der Waals surface area contributed by atoms with Gasteiger partial charge in [0.05, 0.1) is 0 Å². The molecule has 1 N–H and O–H groups in total. The van der Waals surface area contributed by atoms with Crippen molar-refractivity contribution in [3.8, 4) is 0 Å². The first kappa shape index (κ1) is 16.3. The van der Waals surface area contributed by atoms with Crippen LogP contribution < -0.4 is 5.32 Å². The number of rotatable bonds is 7. The number of likely N-dealkylation sites (N-methyl/N-ethyl adjacent to an activating group) is 1. The van der Waals surface area contributed by atoms with Gasteiger partial charge in [0.15, 0.2) is 0 Å². The summed E-state index contributed by atoms with van der Waals surface area (Å²) in [5.74, 6) is 1.58. The largest absolute Gasteiger partial charge is 0.348 e. The molecule has 2 atom stereocenters. The normalized spacial score (nSPS) is 22.0. The Morgan fingerprint density at radius 1 is 1.08 bits per heavy atom. The number of hydrogen-bond acceptors (Lipinski definition) is 2. The summed E-state index contributed by atoms with van der Waals surface area (Å²) >= 11 is 0. The summed E-state index contributed by atoms with van der Waals surface area (Å²) in [4.78, 5) is 14.8. The highest BCUT2D eigenvalue weighted by Gasteiger charge is 2.42. The smallest absolute Gasteiger partial charge is 0.251 e. The molecule has 0 saturated heterocycles. The Labute approximate surface area is 150 Å². The molecule has 2 fully saturated rings. The van der Waals surface area contributed by atoms with Crippen LogP contribution in [0.25, 0.3) is 0 Å². The summed E-state index contributed by atoms with van der Waals surface area (Å²) in [6.07, 6.45) is 4.08. The highest BCUT2D eigenvalue weighted by molar-refractivity contribution is 5.94. The first-order valence-corrected chi connectivity index (χ1v) is 9.33. The molecular formula is C22H26N2O. The molecular weight excluding hydrogens is 308 g/mol. The zero-order valence-electron chi connectivity index (χ0n) is 14.8. The fraction of sp³-hybridized carbons (Fsp3) is 0.409. The molecule has 2 saturated carbocycles. The maximum atomic E-state index is 12.3. The van der Waals surface area contributed by atoms with E-state index >= 15 is 0 Å². The molecule has 0 unspecified atom stereocenters. The number of nitrogens with zero attached hydrogens (tertiary/aromatic N) is 1. The molecule has 25 heavy (non-hydrogen) atoms. The molecule has 3 heteroatoms. The van der Waals surface area contributed by atoms with Crippen molar-refractivity contribution in [1.82, 2.24) is 10.2 Å². The van der Waals surface area contributed by atoms with E-state index in [0.717, 1.165) is 17.0 Å². The topological polar surface area (TPSA) is 32.3 Å². The quantitative estimate of drug-likeness (QED) is 0.835. The Balaban J connectivity index is 1.30. The van der Waals surface area contributed by atoms with Gasteiger partial charge >= 0.3 is 0 Å². The summed E-state index contributed by atoms with van der Waals surface area (Å²) in [7, 11) is 2.26. The average molecular weight is 334 g/mol. The van der Waals surface area contributed by atoms with E-state index in [9.17, 15) is 4.79 Å². The lowest BCUT2D eigenvalue weighted by Gasteiger charge is -2.16. The fourth-order valence-corrected chi connectivity index (χ4v) is 3.63. The van der Waals surface area contributed by atoms with Gasteiger partial charge in [0.2, 0.25) is 0 Å². The van der Waals surface area contributed by atoms with Crippen LogP contribution in [0.15, 0.2) is 54.6 Å². The third-order valence-electron chi connectivity index (χ3n) is 5.46. The number of amides is 1. The highest BCUT2D eigenvalue weighted by atomic mass is 16.1. The minimum Gasteiger partial charge on any atom is -0.348 e. The van der Waals surface area contributed by atoms with Gasteiger partial charge in [-0.05, 0) is 55.5 Å². The van der Waals surface area contributed by atoms with E-state index in [-0.39, 0.29) is 5.91 Å². The molecule has 3 nitrogen and oxygen atoms in total. The van der Waals surface area contributed by atoms with Crippen LogP contribution in [0.1, 0.15) is 46.7 Å². The first-order chi connectivity index (χ1) is 12.2. The van der Waals surface area contributed by atoms with Crippen LogP contribution >= 0.6 is 0 Å². The zero-order chi connectivity index (χ0) is 17.2. The molecule has 2 aromatic rings. The molecule has 0 spiro atoms. The third-order valence-corrected chi connectivity index (χ3v) is 5.46. The average Bonchev–Trinajstić information content (AvgIpc) is 3.55. The van der Waals surface area contributed by atoms with E-state index in [0.29, 0.717) is 18.5 Å². The van der Waals surface area contributed by atoms with Crippen molar-refractivity contribution in [1.29, 1.82) is 0 Å². The van der Waals surface area contributed by atoms with Crippen molar-refractivity contribution in [2.75, 3.05) is 13.6 Å². The lowest BCUT2D eigenvalue weighted by molar-refractivity contribution is 0.0951. The molecule has 4 rings (SSSR count). The van der Waals surface area contributed by atoms with Crippen molar-refractivity contribution >= 4 is 5.91 Å². The van der Waals surface area contributed by atoms with Gasteiger partial charge in [-0.25, -0.2) is 0 Å². The maximum Gasteiger partial charge on any atom is 0.251 e. The van der Waals surface area contributed by atoms with Crippen LogP contribution in [-0.2, 0) is 6.54 Å². The van der Waals surface area contributed by atoms with Crippen molar-refractivity contribution < 1.29 is 4.79 Å². The van der Waals surface area contributed by atoms with E-state index < -0.39 is 0 Å². The van der Waals surface area contributed by atoms with Gasteiger partial charge in [0.1, 0.15) is 0 Å². The van der Waals surface area contributed by atoms with Gasteiger partial charge in [-0.1, -0.05) is 42.5 Å². The van der Waals surface area contributed by atoms with Crippen LogP contribution in [-0.4, -0.2) is 30.4 Å². The van der Waals surface area contributed by atoms with Gasteiger partial charge in [0.25, 0.3) is 5.91 Å². The second-order valence-electron chi connectivity index (χ2n) is 7.58. The molecule has 130 valence electrons. The number of nitrogens with one attached hydrogen (secondary N) is 1. The van der Waals surface area contributed by atoms with Crippen molar-refractivity contribution in [2.24, 2.45) is 5.92 Å². The minimum atomic E-state index is -0.00592. The lowest BCUT2D eigenvalue weighted by atomic mass is 10.1. The molecule has 2 aromatic carbocycles. The van der Waals surface area contributed by atoms with Gasteiger partial charge < -0.3 is 10.2 Å². The molecule has 0 heterocycles. The Morgan fingerprint density at radius 3 is 2.48 bits per heavy atom. The van der Waals surface area contributed by atoms with E-state index in [1.807, 2.05) is 42.5 Å². The van der Waals surface area contributed by atoms with E-state index in [2.05, 4.69) is 29.4 Å². The van der Waals surface area contributed by atoms with E-state index in [1.165, 1.54) is 31.4 Å². The molecule has 0 aromatic heterocycles. The fourth-order valence-electron chi connectivity index (χ4n) is 3.63. The van der Waals surface area contributed by atoms with Crippen molar-refractivity contribution in [2.45, 2.75) is 37.8 Å². The van der Waals surface area contributed by atoms with Gasteiger partial charge in [-0.3, -0.25) is 4.79 Å². The van der Waals surface area contributed by atoms with Crippen LogP contribution in [0.5, 0.6) is 0 Å². The predicted octanol–water partition coefficient (Wildman–Crippen LogP) is 3.81. The maximum absolute atomic E-state index is 12.3. The van der Waals surface area contributed by atoms with Gasteiger partial charge in [-0.2, -0.15) is 0 Å². The Hall–Kier alpha value is -2.13. The Kier molecular flexibility index (Phi) is 4.58. The first-order valence-electron chi connectivity index (χ1n) is 9.33. The van der Waals surface area contributed by atoms with Crippen molar-refractivity contribution in [3.05, 3.63) is 71.3 Å². The number of carbonyl (C=O) groups is 1. The summed E-state index contributed by atoms with van der Waals surface area (Å²) in [6.45, 7) is 1.82. The third kappa shape index (κ3) is 4.10. The summed E-state index contributed by atoms with van der Waals surface area (Å²) < 4.78 is 0. The lowest BCUT2D eigenvalue weighted by Crippen LogP contribution is -2.24. The molecule has 0 bridgehead atoms. The van der Waals surface area contributed by atoms with Crippen LogP contribution in [0.2, 0.25) is 0 Å². The molecule has 0 radical (unpaired) electrons. The minimum absolute atomic E-state index is 0.00592. The monoisotopic (exact) mass is 334 g/mol.